The molecular weight excluding hydrogens is 462 g/mol. The van der Waals surface area contributed by atoms with Gasteiger partial charge in [0.25, 0.3) is 0 Å². The van der Waals surface area contributed by atoms with E-state index < -0.39 is 10.8 Å². The van der Waals surface area contributed by atoms with Crippen LogP contribution in [0, 0.1) is 0 Å². The molecule has 4 aromatic rings. The zero-order valence-electron chi connectivity index (χ0n) is 20.1. The van der Waals surface area contributed by atoms with Gasteiger partial charge in [-0.3, -0.25) is 9.11 Å². The number of anilines is 1. The number of rotatable bonds is 9. The molecule has 2 aromatic heterocycles. The Bertz CT molecular complexity index is 1330. The molecule has 0 radical (unpaired) electrons. The van der Waals surface area contributed by atoms with Crippen LogP contribution in [0.15, 0.2) is 48.5 Å². The number of nitrogens with two attached hydrogens (primary N) is 1. The lowest BCUT2D eigenvalue weighted by molar-refractivity contribution is 0.126. The van der Waals surface area contributed by atoms with Crippen LogP contribution in [0.5, 0.6) is 0 Å². The van der Waals surface area contributed by atoms with Crippen molar-refractivity contribution in [2.75, 3.05) is 31.2 Å². The Hall–Kier alpha value is -2.69. The van der Waals surface area contributed by atoms with Gasteiger partial charge in [0.2, 0.25) is 0 Å². The van der Waals surface area contributed by atoms with Crippen LogP contribution in [-0.4, -0.2) is 53.4 Å². The standard InChI is InChI=1S/C26H33N5O3S/c1-2-34-18-23-29-24-25(31(23)15-7-6-13-30-14-8-16-35(30,32)33)21-12-11-20(17-22(21)28-26(24)27)19-9-4-3-5-10-19/h3-5,9-12,17,32-33H,2,6-8,13-16,18H2,1H3,(H2,27,28). The summed E-state index contributed by atoms with van der Waals surface area (Å²) in [4.78, 5) is 9.51. The highest BCUT2D eigenvalue weighted by atomic mass is 32.3. The minimum atomic E-state index is -2.57. The Labute approximate surface area is 207 Å². The number of hydrogen-bond donors (Lipinski definition) is 3. The fraction of sp³-hybridized carbons (Fsp3) is 0.385. The maximum absolute atomic E-state index is 10.2. The Morgan fingerprint density at radius 2 is 1.83 bits per heavy atom. The van der Waals surface area contributed by atoms with E-state index in [1.165, 1.54) is 0 Å². The van der Waals surface area contributed by atoms with Gasteiger partial charge in [-0.05, 0) is 43.4 Å². The van der Waals surface area contributed by atoms with Crippen molar-refractivity contribution in [1.82, 2.24) is 18.8 Å². The number of nitrogens with zero attached hydrogens (tertiary/aromatic N) is 4. The van der Waals surface area contributed by atoms with E-state index in [9.17, 15) is 9.11 Å². The molecule has 0 unspecified atom stereocenters. The fourth-order valence-corrected chi connectivity index (χ4v) is 6.46. The van der Waals surface area contributed by atoms with E-state index in [2.05, 4.69) is 34.9 Å². The summed E-state index contributed by atoms with van der Waals surface area (Å²) in [7, 11) is -2.57. The summed E-state index contributed by atoms with van der Waals surface area (Å²) in [6, 6.07) is 16.5. The van der Waals surface area contributed by atoms with Gasteiger partial charge >= 0.3 is 0 Å². The molecule has 0 atom stereocenters. The van der Waals surface area contributed by atoms with Gasteiger partial charge in [-0.15, -0.1) is 10.8 Å². The van der Waals surface area contributed by atoms with Crippen molar-refractivity contribution >= 4 is 38.5 Å². The van der Waals surface area contributed by atoms with Crippen molar-refractivity contribution in [2.45, 2.75) is 39.3 Å². The van der Waals surface area contributed by atoms with E-state index in [0.717, 1.165) is 65.7 Å². The average molecular weight is 496 g/mol. The highest BCUT2D eigenvalue weighted by Gasteiger charge is 2.28. The van der Waals surface area contributed by atoms with E-state index >= 15 is 0 Å². The third kappa shape index (κ3) is 4.87. The van der Waals surface area contributed by atoms with Crippen molar-refractivity contribution in [3.63, 3.8) is 0 Å². The Balaban J connectivity index is 1.48. The van der Waals surface area contributed by atoms with Crippen molar-refractivity contribution in [3.05, 3.63) is 54.4 Å². The van der Waals surface area contributed by atoms with Gasteiger partial charge in [0, 0.05) is 31.6 Å². The number of unbranched alkanes of at least 4 members (excludes halogenated alkanes) is 1. The predicted octanol–water partition coefficient (Wildman–Crippen LogP) is 5.52. The van der Waals surface area contributed by atoms with Gasteiger partial charge in [0.15, 0.2) is 5.82 Å². The topological polar surface area (TPSA) is 110 Å². The molecular formula is C26H33N5O3S. The molecule has 0 saturated carbocycles. The molecule has 0 amide bonds. The monoisotopic (exact) mass is 495 g/mol. The molecule has 3 heterocycles. The van der Waals surface area contributed by atoms with Crippen LogP contribution >= 0.6 is 10.8 Å². The van der Waals surface area contributed by atoms with Crippen LogP contribution in [0.25, 0.3) is 33.1 Å². The summed E-state index contributed by atoms with van der Waals surface area (Å²) < 4.78 is 30.1. The minimum Gasteiger partial charge on any atom is -0.382 e. The lowest BCUT2D eigenvalue weighted by Crippen LogP contribution is -2.24. The van der Waals surface area contributed by atoms with Crippen LogP contribution in [0.4, 0.5) is 5.82 Å². The summed E-state index contributed by atoms with van der Waals surface area (Å²) in [5, 5.41) is 1.01. The molecule has 0 spiro atoms. The van der Waals surface area contributed by atoms with E-state index in [1.54, 1.807) is 0 Å². The average Bonchev–Trinajstić information content (AvgIpc) is 3.40. The second-order valence-corrected chi connectivity index (χ2v) is 11.1. The first kappa shape index (κ1) is 24.0. The van der Waals surface area contributed by atoms with Gasteiger partial charge in [-0.1, -0.05) is 42.5 Å². The second-order valence-electron chi connectivity index (χ2n) is 8.94. The summed E-state index contributed by atoms with van der Waals surface area (Å²) >= 11 is 0. The Morgan fingerprint density at radius 3 is 2.57 bits per heavy atom. The molecule has 1 aliphatic heterocycles. The molecule has 186 valence electrons. The van der Waals surface area contributed by atoms with Crippen LogP contribution in [0.1, 0.15) is 32.0 Å². The number of aromatic nitrogens is 3. The first-order chi connectivity index (χ1) is 17.0. The Kier molecular flexibility index (Phi) is 6.95. The number of imidazole rings is 1. The molecule has 1 aliphatic rings. The van der Waals surface area contributed by atoms with Crippen molar-refractivity contribution in [2.24, 2.45) is 0 Å². The molecule has 8 nitrogen and oxygen atoms in total. The summed E-state index contributed by atoms with van der Waals surface area (Å²) in [6.45, 7) is 5.15. The largest absolute Gasteiger partial charge is 0.382 e. The lowest BCUT2D eigenvalue weighted by atomic mass is 10.0. The van der Waals surface area contributed by atoms with E-state index in [-0.39, 0.29) is 0 Å². The van der Waals surface area contributed by atoms with E-state index in [4.69, 9.17) is 20.4 Å². The number of hydrogen-bond acceptors (Lipinski definition) is 7. The normalized spacial score (nSPS) is 16.9. The molecule has 2 aromatic carbocycles. The predicted molar refractivity (Wildman–Crippen MR) is 143 cm³/mol. The minimum absolute atomic E-state index is 0.404. The summed E-state index contributed by atoms with van der Waals surface area (Å²) in [5.41, 5.74) is 11.1. The van der Waals surface area contributed by atoms with Crippen molar-refractivity contribution in [1.29, 1.82) is 0 Å². The summed E-state index contributed by atoms with van der Waals surface area (Å²) in [6.07, 6.45) is 2.58. The molecule has 0 aliphatic carbocycles. The smallest absolute Gasteiger partial charge is 0.152 e. The SMILES string of the molecule is CCOCc1nc2c(N)nc3cc(-c4ccccc4)ccc3c2n1CCCCN1CCCS1(O)O. The molecule has 35 heavy (non-hydrogen) atoms. The number of ether oxygens (including phenoxy) is 1. The number of fused-ring (bicyclic) bond motifs is 3. The molecule has 5 rings (SSSR count). The van der Waals surface area contributed by atoms with E-state index in [1.807, 2.05) is 29.4 Å². The highest BCUT2D eigenvalue weighted by Crippen LogP contribution is 2.48. The van der Waals surface area contributed by atoms with Crippen molar-refractivity contribution < 1.29 is 13.8 Å². The number of aryl methyl sites for hydroxylation is 1. The third-order valence-corrected chi connectivity index (χ3v) is 8.63. The van der Waals surface area contributed by atoms with Crippen molar-refractivity contribution in [3.8, 4) is 11.1 Å². The maximum Gasteiger partial charge on any atom is 0.152 e. The van der Waals surface area contributed by atoms with Crippen LogP contribution in [0.3, 0.4) is 0 Å². The number of benzene rings is 2. The first-order valence-corrected chi connectivity index (χ1v) is 13.9. The Morgan fingerprint density at radius 1 is 1.03 bits per heavy atom. The third-order valence-electron chi connectivity index (χ3n) is 6.60. The lowest BCUT2D eigenvalue weighted by Gasteiger charge is -2.36. The molecule has 1 fully saturated rings. The molecule has 4 N–H and O–H groups in total. The van der Waals surface area contributed by atoms with Crippen LogP contribution < -0.4 is 5.73 Å². The molecule has 9 heteroatoms. The fourth-order valence-electron chi connectivity index (χ4n) is 4.84. The summed E-state index contributed by atoms with van der Waals surface area (Å²) in [5.74, 6) is 1.74. The zero-order chi connectivity index (χ0) is 24.4. The molecule has 1 saturated heterocycles. The van der Waals surface area contributed by atoms with E-state index in [0.29, 0.717) is 36.8 Å². The van der Waals surface area contributed by atoms with Gasteiger partial charge < -0.3 is 15.0 Å². The first-order valence-electron chi connectivity index (χ1n) is 12.2. The van der Waals surface area contributed by atoms with Gasteiger partial charge in [0.05, 0.1) is 16.8 Å². The second kappa shape index (κ2) is 10.1. The number of nitrogen functional groups attached to an aromatic ring is 1. The number of pyridine rings is 1. The zero-order valence-corrected chi connectivity index (χ0v) is 20.9. The van der Waals surface area contributed by atoms with Gasteiger partial charge in [-0.2, -0.15) is 0 Å². The highest BCUT2D eigenvalue weighted by molar-refractivity contribution is 8.22. The van der Waals surface area contributed by atoms with Gasteiger partial charge in [0.1, 0.15) is 17.9 Å². The quantitative estimate of drug-likeness (QED) is 0.262. The molecule has 0 bridgehead atoms. The van der Waals surface area contributed by atoms with Gasteiger partial charge in [-0.25, -0.2) is 14.3 Å². The van der Waals surface area contributed by atoms with Crippen LogP contribution in [-0.2, 0) is 17.9 Å². The maximum atomic E-state index is 10.2. The van der Waals surface area contributed by atoms with Crippen LogP contribution in [0.2, 0.25) is 0 Å².